The second-order valence-corrected chi connectivity index (χ2v) is 9.10. The zero-order valence-corrected chi connectivity index (χ0v) is 17.8. The highest BCUT2D eigenvalue weighted by molar-refractivity contribution is 5.45. The molecule has 2 nitrogen and oxygen atoms in total. The second kappa shape index (κ2) is 10.4. The van der Waals surface area contributed by atoms with Gasteiger partial charge in [0.2, 0.25) is 0 Å². The first-order valence-corrected chi connectivity index (χ1v) is 10.9. The fraction of sp³-hybridized carbons (Fsp3) is 0.654. The van der Waals surface area contributed by atoms with E-state index in [2.05, 4.69) is 76.0 Å². The Labute approximate surface area is 173 Å². The van der Waals surface area contributed by atoms with E-state index in [1.54, 1.807) is 5.57 Å². The number of aromatic nitrogens is 1. The SMILES string of the molecule is C.Cc1cccc(/C=C/C2C3CCCCC3=C[C@H](C)C2[C@H](C)OCC(C)C)n1. The van der Waals surface area contributed by atoms with Gasteiger partial charge in [-0.25, -0.2) is 0 Å². The van der Waals surface area contributed by atoms with Gasteiger partial charge in [0.15, 0.2) is 0 Å². The third-order valence-corrected chi connectivity index (χ3v) is 6.33. The minimum atomic E-state index is 0. The fourth-order valence-corrected chi connectivity index (χ4v) is 5.10. The summed E-state index contributed by atoms with van der Waals surface area (Å²) in [6.45, 7) is 12.1. The topological polar surface area (TPSA) is 22.1 Å². The summed E-state index contributed by atoms with van der Waals surface area (Å²) in [5.74, 6) is 2.92. The summed E-state index contributed by atoms with van der Waals surface area (Å²) in [7, 11) is 0. The number of ether oxygens (including phenoxy) is 1. The lowest BCUT2D eigenvalue weighted by Gasteiger charge is -2.45. The molecule has 156 valence electrons. The molecule has 0 aliphatic heterocycles. The van der Waals surface area contributed by atoms with E-state index < -0.39 is 0 Å². The number of nitrogens with zero attached hydrogens (tertiary/aromatic N) is 1. The molecule has 0 bridgehead atoms. The molecule has 0 spiro atoms. The second-order valence-electron chi connectivity index (χ2n) is 9.10. The van der Waals surface area contributed by atoms with Gasteiger partial charge in [-0.1, -0.05) is 58.4 Å². The Hall–Kier alpha value is -1.41. The zero-order valence-electron chi connectivity index (χ0n) is 17.8. The standard InChI is InChI=1S/C25H37NO.CH4/c1-17(2)16-27-20(5)25-18(3)15-21-10-6-7-12-23(21)24(25)14-13-22-11-8-9-19(4)26-22;/h8-9,11,13-15,17-18,20,23-25H,6-7,10,12,16H2,1-5H3;1H4/b14-13+;/t18-,20-,23?,24?,25?;/m0./s1. The molecule has 28 heavy (non-hydrogen) atoms. The van der Waals surface area contributed by atoms with Crippen LogP contribution in [0.4, 0.5) is 0 Å². The monoisotopic (exact) mass is 383 g/mol. The molecule has 0 saturated heterocycles. The Morgan fingerprint density at radius 1 is 1.21 bits per heavy atom. The molecule has 1 heterocycles. The first-order valence-electron chi connectivity index (χ1n) is 10.9. The Balaban J connectivity index is 0.00000280. The van der Waals surface area contributed by atoms with Gasteiger partial charge < -0.3 is 4.74 Å². The number of hydrogen-bond donors (Lipinski definition) is 0. The minimum absolute atomic E-state index is 0. The summed E-state index contributed by atoms with van der Waals surface area (Å²) in [4.78, 5) is 4.68. The van der Waals surface area contributed by atoms with Crippen molar-refractivity contribution in [2.75, 3.05) is 6.61 Å². The van der Waals surface area contributed by atoms with E-state index in [0.717, 1.165) is 18.0 Å². The lowest BCUT2D eigenvalue weighted by molar-refractivity contribution is -0.0248. The molecule has 3 unspecified atom stereocenters. The van der Waals surface area contributed by atoms with Crippen molar-refractivity contribution in [3.8, 4) is 0 Å². The highest BCUT2D eigenvalue weighted by atomic mass is 16.5. The van der Waals surface area contributed by atoms with E-state index in [1.165, 1.54) is 25.7 Å². The summed E-state index contributed by atoms with van der Waals surface area (Å²) in [5, 5.41) is 0. The van der Waals surface area contributed by atoms with Crippen LogP contribution in [0, 0.1) is 36.5 Å². The number of hydrogen-bond acceptors (Lipinski definition) is 2. The maximum atomic E-state index is 6.32. The van der Waals surface area contributed by atoms with E-state index >= 15 is 0 Å². The van der Waals surface area contributed by atoms with Crippen LogP contribution < -0.4 is 0 Å². The predicted molar refractivity (Wildman–Crippen MR) is 121 cm³/mol. The van der Waals surface area contributed by atoms with Crippen LogP contribution in [0.15, 0.2) is 35.9 Å². The Kier molecular flexibility index (Phi) is 8.49. The number of pyridine rings is 1. The lowest BCUT2D eigenvalue weighted by atomic mass is 9.62. The molecule has 5 atom stereocenters. The molecular weight excluding hydrogens is 342 g/mol. The first-order chi connectivity index (χ1) is 13.0. The highest BCUT2D eigenvalue weighted by Crippen LogP contribution is 2.47. The van der Waals surface area contributed by atoms with Crippen molar-refractivity contribution < 1.29 is 4.74 Å². The summed E-state index contributed by atoms with van der Waals surface area (Å²) in [6, 6.07) is 6.27. The van der Waals surface area contributed by atoms with Crippen LogP contribution in [0.1, 0.15) is 72.2 Å². The van der Waals surface area contributed by atoms with Gasteiger partial charge in [0.05, 0.1) is 11.8 Å². The third-order valence-electron chi connectivity index (χ3n) is 6.33. The maximum Gasteiger partial charge on any atom is 0.0629 e. The molecule has 0 amide bonds. The number of aryl methyl sites for hydroxylation is 1. The van der Waals surface area contributed by atoms with Crippen molar-refractivity contribution in [1.82, 2.24) is 4.98 Å². The maximum absolute atomic E-state index is 6.32. The van der Waals surface area contributed by atoms with Crippen molar-refractivity contribution in [3.05, 3.63) is 47.3 Å². The first kappa shape index (κ1) is 22.9. The minimum Gasteiger partial charge on any atom is -0.378 e. The van der Waals surface area contributed by atoms with Crippen molar-refractivity contribution >= 4 is 6.08 Å². The molecule has 2 heteroatoms. The lowest BCUT2D eigenvalue weighted by Crippen LogP contribution is -2.40. The number of allylic oxidation sites excluding steroid dienone is 3. The molecule has 3 rings (SSSR count). The summed E-state index contributed by atoms with van der Waals surface area (Å²) in [6.07, 6.45) is 12.9. The molecule has 2 aliphatic rings. The van der Waals surface area contributed by atoms with Gasteiger partial charge in [0.25, 0.3) is 0 Å². The third kappa shape index (κ3) is 5.56. The van der Waals surface area contributed by atoms with Crippen LogP contribution >= 0.6 is 0 Å². The van der Waals surface area contributed by atoms with E-state index in [1.807, 2.05) is 0 Å². The van der Waals surface area contributed by atoms with Crippen LogP contribution in [0.25, 0.3) is 6.08 Å². The Morgan fingerprint density at radius 3 is 2.71 bits per heavy atom. The van der Waals surface area contributed by atoms with Gasteiger partial charge in [-0.15, -0.1) is 0 Å². The Bertz CT molecular complexity index is 675. The van der Waals surface area contributed by atoms with E-state index in [-0.39, 0.29) is 13.5 Å². The quantitative estimate of drug-likeness (QED) is 0.489. The van der Waals surface area contributed by atoms with Crippen molar-refractivity contribution in [3.63, 3.8) is 0 Å². The average molecular weight is 384 g/mol. The molecule has 0 radical (unpaired) electrons. The summed E-state index contributed by atoms with van der Waals surface area (Å²) >= 11 is 0. The normalized spacial score (nSPS) is 28.6. The molecule has 1 aromatic rings. The fourth-order valence-electron chi connectivity index (χ4n) is 5.10. The van der Waals surface area contributed by atoms with Gasteiger partial charge in [-0.2, -0.15) is 0 Å². The molecule has 0 aromatic carbocycles. The molecule has 1 aromatic heterocycles. The molecule has 0 N–H and O–H groups in total. The average Bonchev–Trinajstić information content (AvgIpc) is 2.64. The highest BCUT2D eigenvalue weighted by Gasteiger charge is 2.40. The van der Waals surface area contributed by atoms with Crippen LogP contribution in [-0.4, -0.2) is 17.7 Å². The summed E-state index contributed by atoms with van der Waals surface area (Å²) in [5.41, 5.74) is 3.86. The van der Waals surface area contributed by atoms with Crippen LogP contribution in [0.5, 0.6) is 0 Å². The van der Waals surface area contributed by atoms with Crippen molar-refractivity contribution in [2.45, 2.75) is 73.8 Å². The largest absolute Gasteiger partial charge is 0.378 e. The summed E-state index contributed by atoms with van der Waals surface area (Å²) < 4.78 is 6.32. The predicted octanol–water partition coefficient (Wildman–Crippen LogP) is 7.10. The number of fused-ring (bicyclic) bond motifs is 1. The molecule has 2 aliphatic carbocycles. The Morgan fingerprint density at radius 2 is 2.00 bits per heavy atom. The molecule has 1 fully saturated rings. The zero-order chi connectivity index (χ0) is 19.4. The molecule has 1 saturated carbocycles. The van der Waals surface area contributed by atoms with Gasteiger partial charge >= 0.3 is 0 Å². The smallest absolute Gasteiger partial charge is 0.0629 e. The van der Waals surface area contributed by atoms with Crippen LogP contribution in [0.2, 0.25) is 0 Å². The van der Waals surface area contributed by atoms with Crippen molar-refractivity contribution in [1.29, 1.82) is 0 Å². The van der Waals surface area contributed by atoms with E-state index in [9.17, 15) is 0 Å². The van der Waals surface area contributed by atoms with Gasteiger partial charge in [-0.05, 0) is 80.9 Å². The van der Waals surface area contributed by atoms with Crippen LogP contribution in [0.3, 0.4) is 0 Å². The molecular formula is C26H41NO. The number of rotatable bonds is 6. The van der Waals surface area contributed by atoms with E-state index in [4.69, 9.17) is 4.74 Å². The van der Waals surface area contributed by atoms with Gasteiger partial charge in [0, 0.05) is 12.3 Å². The van der Waals surface area contributed by atoms with Gasteiger partial charge in [0.1, 0.15) is 0 Å². The van der Waals surface area contributed by atoms with Gasteiger partial charge in [-0.3, -0.25) is 4.98 Å². The van der Waals surface area contributed by atoms with E-state index in [0.29, 0.717) is 29.6 Å². The van der Waals surface area contributed by atoms with Crippen LogP contribution in [-0.2, 0) is 4.74 Å². The van der Waals surface area contributed by atoms with Crippen molar-refractivity contribution in [2.24, 2.45) is 29.6 Å².